The van der Waals surface area contributed by atoms with Gasteiger partial charge in [-0.2, -0.15) is 0 Å². The Bertz CT molecular complexity index is 867. The smallest absolute Gasteiger partial charge is 0.221 e. The average Bonchev–Trinajstić information content (AvgIpc) is 2.78. The van der Waals surface area contributed by atoms with Crippen LogP contribution in [0.15, 0.2) is 48.5 Å². The van der Waals surface area contributed by atoms with Crippen molar-refractivity contribution in [3.8, 4) is 5.75 Å². The number of carbonyl (C=O) groups excluding carboxylic acids is 2. The molecule has 31 heavy (non-hydrogen) atoms. The third kappa shape index (κ3) is 7.72. The van der Waals surface area contributed by atoms with Crippen LogP contribution in [0, 0.1) is 5.92 Å². The topological polar surface area (TPSA) is 70.7 Å². The fourth-order valence-corrected chi connectivity index (χ4v) is 4.09. The highest BCUT2D eigenvalue weighted by atomic mass is 16.5. The van der Waals surface area contributed by atoms with Gasteiger partial charge in [0.1, 0.15) is 5.75 Å². The van der Waals surface area contributed by atoms with Gasteiger partial charge in [0, 0.05) is 38.7 Å². The summed E-state index contributed by atoms with van der Waals surface area (Å²) >= 11 is 0. The molecule has 2 N–H and O–H groups in total. The Morgan fingerprint density at radius 1 is 1.13 bits per heavy atom. The Labute approximate surface area is 185 Å². The molecule has 1 aliphatic heterocycles. The van der Waals surface area contributed by atoms with Gasteiger partial charge in [0.05, 0.1) is 7.11 Å². The second-order valence-corrected chi connectivity index (χ2v) is 8.29. The van der Waals surface area contributed by atoms with Crippen LogP contribution in [0.3, 0.4) is 0 Å². The fourth-order valence-electron chi connectivity index (χ4n) is 4.09. The predicted molar refractivity (Wildman–Crippen MR) is 123 cm³/mol. The number of rotatable bonds is 9. The van der Waals surface area contributed by atoms with Gasteiger partial charge in [0.25, 0.3) is 0 Å². The maximum atomic E-state index is 12.3. The summed E-state index contributed by atoms with van der Waals surface area (Å²) in [5.41, 5.74) is 3.11. The van der Waals surface area contributed by atoms with E-state index >= 15 is 0 Å². The molecule has 2 aromatic carbocycles. The van der Waals surface area contributed by atoms with Gasteiger partial charge in [0.2, 0.25) is 11.8 Å². The number of amides is 2. The van der Waals surface area contributed by atoms with E-state index in [-0.39, 0.29) is 11.8 Å². The molecule has 0 aliphatic carbocycles. The van der Waals surface area contributed by atoms with Gasteiger partial charge in [-0.05, 0) is 67.1 Å². The Morgan fingerprint density at radius 2 is 1.94 bits per heavy atom. The summed E-state index contributed by atoms with van der Waals surface area (Å²) in [6, 6.07) is 15.8. The number of nitrogens with one attached hydrogen (secondary N) is 2. The van der Waals surface area contributed by atoms with E-state index < -0.39 is 0 Å². The number of anilines is 1. The van der Waals surface area contributed by atoms with Gasteiger partial charge in [0.15, 0.2) is 0 Å². The van der Waals surface area contributed by atoms with Crippen LogP contribution in [0.4, 0.5) is 5.69 Å². The molecule has 2 aromatic rings. The zero-order valence-corrected chi connectivity index (χ0v) is 18.5. The molecule has 0 unspecified atom stereocenters. The van der Waals surface area contributed by atoms with Gasteiger partial charge >= 0.3 is 0 Å². The standard InChI is InChI=1S/C25H33N3O3/c1-19(29)27-23-11-8-21(9-12-23)18-28-14-4-6-20(17-28)10-13-25(30)26-16-22-5-3-7-24(15-22)31-2/h3,5,7-9,11-12,15,20H,4,6,10,13-14,16-18H2,1-2H3,(H,26,30)(H,27,29)/t20-/m0/s1. The number of ether oxygens (including phenoxy) is 1. The van der Waals surface area contributed by atoms with Crippen molar-refractivity contribution >= 4 is 17.5 Å². The lowest BCUT2D eigenvalue weighted by atomic mass is 9.93. The lowest BCUT2D eigenvalue weighted by Gasteiger charge is -2.32. The number of methoxy groups -OCH3 is 1. The molecule has 6 heteroatoms. The highest BCUT2D eigenvalue weighted by Crippen LogP contribution is 2.23. The van der Waals surface area contributed by atoms with E-state index in [1.807, 2.05) is 36.4 Å². The zero-order chi connectivity index (χ0) is 22.1. The summed E-state index contributed by atoms with van der Waals surface area (Å²) in [4.78, 5) is 25.9. The Balaban J connectivity index is 1.40. The molecule has 0 aromatic heterocycles. The summed E-state index contributed by atoms with van der Waals surface area (Å²) in [5, 5.41) is 5.82. The molecule has 3 rings (SSSR count). The molecule has 166 valence electrons. The van der Waals surface area contributed by atoms with E-state index in [1.54, 1.807) is 7.11 Å². The predicted octanol–water partition coefficient (Wildman–Crippen LogP) is 3.96. The van der Waals surface area contributed by atoms with Crippen molar-refractivity contribution in [1.82, 2.24) is 10.2 Å². The molecule has 6 nitrogen and oxygen atoms in total. The normalized spacial score (nSPS) is 16.5. The minimum Gasteiger partial charge on any atom is -0.497 e. The summed E-state index contributed by atoms with van der Waals surface area (Å²) < 4.78 is 5.23. The summed E-state index contributed by atoms with van der Waals surface area (Å²) in [5.74, 6) is 1.40. The van der Waals surface area contributed by atoms with Crippen LogP contribution in [0.5, 0.6) is 5.75 Å². The van der Waals surface area contributed by atoms with E-state index in [4.69, 9.17) is 4.74 Å². The molecular weight excluding hydrogens is 390 g/mol. The van der Waals surface area contributed by atoms with Gasteiger partial charge in [-0.15, -0.1) is 0 Å². The molecule has 1 fully saturated rings. The number of likely N-dealkylation sites (tertiary alicyclic amines) is 1. The second kappa shape index (κ2) is 11.5. The van der Waals surface area contributed by atoms with Crippen molar-refractivity contribution in [2.75, 3.05) is 25.5 Å². The summed E-state index contributed by atoms with van der Waals surface area (Å²) in [6.07, 6.45) is 3.83. The first-order valence-corrected chi connectivity index (χ1v) is 11.0. The SMILES string of the molecule is COc1cccc(CNC(=O)CC[C@@H]2CCCN(Cc3ccc(NC(C)=O)cc3)C2)c1. The third-order valence-electron chi connectivity index (χ3n) is 5.69. The molecule has 2 amide bonds. The minimum atomic E-state index is -0.0563. The first-order chi connectivity index (χ1) is 15.0. The van der Waals surface area contributed by atoms with Crippen molar-refractivity contribution in [3.63, 3.8) is 0 Å². The van der Waals surface area contributed by atoms with Crippen LogP contribution >= 0.6 is 0 Å². The van der Waals surface area contributed by atoms with Crippen LogP contribution in [0.25, 0.3) is 0 Å². The minimum absolute atomic E-state index is 0.0563. The van der Waals surface area contributed by atoms with Crippen LogP contribution < -0.4 is 15.4 Å². The Kier molecular flexibility index (Phi) is 8.47. The van der Waals surface area contributed by atoms with Crippen molar-refractivity contribution in [2.24, 2.45) is 5.92 Å². The van der Waals surface area contributed by atoms with Crippen LogP contribution in [0.2, 0.25) is 0 Å². The van der Waals surface area contributed by atoms with Crippen molar-refractivity contribution in [2.45, 2.75) is 45.7 Å². The Morgan fingerprint density at radius 3 is 2.68 bits per heavy atom. The number of hydrogen-bond donors (Lipinski definition) is 2. The Hall–Kier alpha value is -2.86. The molecule has 0 bridgehead atoms. The second-order valence-electron chi connectivity index (χ2n) is 8.29. The van der Waals surface area contributed by atoms with Crippen LogP contribution in [0.1, 0.15) is 43.7 Å². The number of nitrogens with zero attached hydrogens (tertiary/aromatic N) is 1. The monoisotopic (exact) mass is 423 g/mol. The van der Waals surface area contributed by atoms with Crippen LogP contribution in [-0.2, 0) is 22.7 Å². The van der Waals surface area contributed by atoms with Crippen molar-refractivity contribution < 1.29 is 14.3 Å². The van der Waals surface area contributed by atoms with Crippen LogP contribution in [-0.4, -0.2) is 36.9 Å². The zero-order valence-electron chi connectivity index (χ0n) is 18.5. The van der Waals surface area contributed by atoms with Crippen molar-refractivity contribution in [1.29, 1.82) is 0 Å². The highest BCUT2D eigenvalue weighted by Gasteiger charge is 2.20. The molecule has 1 heterocycles. The number of piperidine rings is 1. The van der Waals surface area contributed by atoms with Gasteiger partial charge in [-0.1, -0.05) is 24.3 Å². The van der Waals surface area contributed by atoms with Gasteiger partial charge in [-0.3, -0.25) is 14.5 Å². The van der Waals surface area contributed by atoms with E-state index in [0.717, 1.165) is 43.1 Å². The molecule has 1 atom stereocenters. The lowest BCUT2D eigenvalue weighted by Crippen LogP contribution is -2.35. The van der Waals surface area contributed by atoms with E-state index in [2.05, 4.69) is 27.7 Å². The first-order valence-electron chi connectivity index (χ1n) is 11.0. The van der Waals surface area contributed by atoms with Gasteiger partial charge in [-0.25, -0.2) is 0 Å². The quantitative estimate of drug-likeness (QED) is 0.640. The number of carbonyl (C=O) groups is 2. The highest BCUT2D eigenvalue weighted by molar-refractivity contribution is 5.88. The maximum Gasteiger partial charge on any atom is 0.221 e. The van der Waals surface area contributed by atoms with E-state index in [0.29, 0.717) is 18.9 Å². The maximum absolute atomic E-state index is 12.3. The largest absolute Gasteiger partial charge is 0.497 e. The molecular formula is C25H33N3O3. The third-order valence-corrected chi connectivity index (χ3v) is 5.69. The fraction of sp³-hybridized carbons (Fsp3) is 0.440. The average molecular weight is 424 g/mol. The molecule has 0 spiro atoms. The van der Waals surface area contributed by atoms with Crippen molar-refractivity contribution in [3.05, 3.63) is 59.7 Å². The lowest BCUT2D eigenvalue weighted by molar-refractivity contribution is -0.121. The summed E-state index contributed by atoms with van der Waals surface area (Å²) in [6.45, 7) is 5.06. The molecule has 0 radical (unpaired) electrons. The van der Waals surface area contributed by atoms with Gasteiger partial charge < -0.3 is 15.4 Å². The first kappa shape index (κ1) is 22.8. The summed E-state index contributed by atoms with van der Waals surface area (Å²) in [7, 11) is 1.64. The molecule has 0 saturated carbocycles. The molecule has 1 saturated heterocycles. The number of hydrogen-bond acceptors (Lipinski definition) is 4. The van der Waals surface area contributed by atoms with E-state index in [9.17, 15) is 9.59 Å². The van der Waals surface area contributed by atoms with E-state index in [1.165, 1.54) is 25.3 Å². The number of benzene rings is 2. The molecule has 1 aliphatic rings.